The molecule has 0 fully saturated rings. The summed E-state index contributed by atoms with van der Waals surface area (Å²) in [5.74, 6) is -2.42. The second-order valence-corrected chi connectivity index (χ2v) is 9.14. The summed E-state index contributed by atoms with van der Waals surface area (Å²) in [5, 5.41) is 0.458. The first-order valence-corrected chi connectivity index (χ1v) is 12.8. The predicted octanol–water partition coefficient (Wildman–Crippen LogP) is 5.81. The van der Waals surface area contributed by atoms with Crippen LogP contribution in [0.1, 0.15) is 43.6 Å². The smallest absolute Gasteiger partial charge is 0.343 e. The number of esters is 1. The summed E-state index contributed by atoms with van der Waals surface area (Å²) in [4.78, 5) is 56.3. The molecule has 0 bridgehead atoms. The largest absolute Gasteiger partial charge is 0.421 e. The highest BCUT2D eigenvalue weighted by molar-refractivity contribution is 6.27. The van der Waals surface area contributed by atoms with E-state index in [4.69, 9.17) is 4.74 Å². The van der Waals surface area contributed by atoms with Gasteiger partial charge in [0.2, 0.25) is 0 Å². The molecular formula is C33H26N2O5. The number of ether oxygens (including phenoxy) is 1. The van der Waals surface area contributed by atoms with Crippen LogP contribution in [0.2, 0.25) is 0 Å². The van der Waals surface area contributed by atoms with Crippen LogP contribution in [-0.4, -0.2) is 22.4 Å². The highest BCUT2D eigenvalue weighted by atomic mass is 16.5. The molecule has 7 heteroatoms. The van der Waals surface area contributed by atoms with Crippen molar-refractivity contribution in [3.05, 3.63) is 142 Å². The SMILES string of the molecule is CCc1cccc2c1c(OC(=O)c1ccccc1)c(C(=O)N(C(=O)c1ccccc1)c1ccccc1)c(=O)n2C. The minimum absolute atomic E-state index is 0.170. The molecule has 0 atom stereocenters. The lowest BCUT2D eigenvalue weighted by Crippen LogP contribution is -2.41. The Balaban J connectivity index is 1.78. The Morgan fingerprint density at radius 1 is 0.725 bits per heavy atom. The van der Waals surface area contributed by atoms with E-state index < -0.39 is 28.9 Å². The van der Waals surface area contributed by atoms with Gasteiger partial charge in [-0.3, -0.25) is 14.4 Å². The third-order valence-electron chi connectivity index (χ3n) is 6.70. The van der Waals surface area contributed by atoms with Crippen molar-refractivity contribution in [1.29, 1.82) is 0 Å². The lowest BCUT2D eigenvalue weighted by atomic mass is 10.0. The zero-order chi connectivity index (χ0) is 28.2. The third kappa shape index (κ3) is 4.80. The van der Waals surface area contributed by atoms with Gasteiger partial charge in [-0.25, -0.2) is 9.69 Å². The number of carbonyl (C=O) groups is 3. The van der Waals surface area contributed by atoms with Gasteiger partial charge in [0.25, 0.3) is 17.4 Å². The topological polar surface area (TPSA) is 85.7 Å². The number of imide groups is 1. The number of anilines is 1. The molecule has 0 N–H and O–H groups in total. The number of hydrogen-bond acceptors (Lipinski definition) is 5. The van der Waals surface area contributed by atoms with Crippen LogP contribution in [-0.2, 0) is 13.5 Å². The molecule has 0 aliphatic carbocycles. The molecule has 2 amide bonds. The van der Waals surface area contributed by atoms with Crippen molar-refractivity contribution in [3.8, 4) is 5.75 Å². The number of aromatic nitrogens is 1. The second-order valence-electron chi connectivity index (χ2n) is 9.14. The predicted molar refractivity (Wildman–Crippen MR) is 154 cm³/mol. The molecule has 0 saturated carbocycles. The molecule has 1 heterocycles. The van der Waals surface area contributed by atoms with Gasteiger partial charge in [-0.05, 0) is 54.4 Å². The average molecular weight is 531 g/mol. The molecule has 5 rings (SSSR count). The zero-order valence-corrected chi connectivity index (χ0v) is 22.0. The Labute approximate surface area is 230 Å². The first-order chi connectivity index (χ1) is 19.4. The number of fused-ring (bicyclic) bond motifs is 1. The van der Waals surface area contributed by atoms with Crippen molar-refractivity contribution in [3.63, 3.8) is 0 Å². The van der Waals surface area contributed by atoms with Crippen LogP contribution in [0.15, 0.2) is 114 Å². The van der Waals surface area contributed by atoms with Crippen molar-refractivity contribution in [2.45, 2.75) is 13.3 Å². The highest BCUT2D eigenvalue weighted by Gasteiger charge is 2.33. The normalized spacial score (nSPS) is 10.8. The summed E-state index contributed by atoms with van der Waals surface area (Å²) in [6.07, 6.45) is 0.546. The number of hydrogen-bond donors (Lipinski definition) is 0. The molecule has 0 aliphatic heterocycles. The number of benzene rings is 4. The maximum absolute atomic E-state index is 14.4. The first kappa shape index (κ1) is 26.3. The van der Waals surface area contributed by atoms with E-state index in [1.165, 1.54) is 4.57 Å². The van der Waals surface area contributed by atoms with Crippen molar-refractivity contribution in [2.24, 2.45) is 7.05 Å². The minimum Gasteiger partial charge on any atom is -0.421 e. The number of carbonyl (C=O) groups excluding carboxylic acids is 3. The van der Waals surface area contributed by atoms with Crippen LogP contribution in [0.25, 0.3) is 10.9 Å². The van der Waals surface area contributed by atoms with Crippen molar-refractivity contribution >= 4 is 34.4 Å². The maximum Gasteiger partial charge on any atom is 0.343 e. The Bertz CT molecular complexity index is 1780. The summed E-state index contributed by atoms with van der Waals surface area (Å²) >= 11 is 0. The van der Waals surface area contributed by atoms with Crippen LogP contribution >= 0.6 is 0 Å². The van der Waals surface area contributed by atoms with Gasteiger partial charge >= 0.3 is 5.97 Å². The van der Waals surface area contributed by atoms with E-state index in [1.54, 1.807) is 110 Å². The van der Waals surface area contributed by atoms with Gasteiger partial charge in [0.15, 0.2) is 5.75 Å². The summed E-state index contributed by atoms with van der Waals surface area (Å²) in [6, 6.07) is 30.4. The number of aryl methyl sites for hydroxylation is 2. The quantitative estimate of drug-likeness (QED) is 0.204. The summed E-state index contributed by atoms with van der Waals surface area (Å²) < 4.78 is 7.25. The number of nitrogens with zero attached hydrogens (tertiary/aromatic N) is 2. The van der Waals surface area contributed by atoms with E-state index in [9.17, 15) is 19.2 Å². The summed E-state index contributed by atoms with van der Waals surface area (Å²) in [6.45, 7) is 1.93. The molecule has 0 radical (unpaired) electrons. The summed E-state index contributed by atoms with van der Waals surface area (Å²) in [7, 11) is 1.55. The summed E-state index contributed by atoms with van der Waals surface area (Å²) in [5.41, 5.74) is 0.957. The lowest BCUT2D eigenvalue weighted by Gasteiger charge is -2.23. The van der Waals surface area contributed by atoms with E-state index in [0.29, 0.717) is 17.3 Å². The van der Waals surface area contributed by atoms with Gasteiger partial charge in [-0.1, -0.05) is 73.7 Å². The monoisotopic (exact) mass is 530 g/mol. The molecule has 40 heavy (non-hydrogen) atoms. The molecule has 5 aromatic rings. The van der Waals surface area contributed by atoms with E-state index in [1.807, 2.05) is 13.0 Å². The van der Waals surface area contributed by atoms with Crippen molar-refractivity contribution < 1.29 is 19.1 Å². The Morgan fingerprint density at radius 2 is 1.30 bits per heavy atom. The molecule has 198 valence electrons. The fourth-order valence-electron chi connectivity index (χ4n) is 4.66. The van der Waals surface area contributed by atoms with E-state index in [-0.39, 0.29) is 22.6 Å². The number of para-hydroxylation sites is 1. The molecule has 7 nitrogen and oxygen atoms in total. The average Bonchev–Trinajstić information content (AvgIpc) is 3.00. The van der Waals surface area contributed by atoms with Gasteiger partial charge in [-0.2, -0.15) is 0 Å². The van der Waals surface area contributed by atoms with Gasteiger partial charge in [0, 0.05) is 18.0 Å². The standard InChI is InChI=1S/C33H26N2O5/c1-3-22-18-13-21-26-27(22)29(40-33(39)24-16-9-5-10-17-24)28(31(37)34(26)2)32(38)35(25-19-11-6-12-20-25)30(36)23-14-7-4-8-15-23/h4-21H,3H2,1-2H3. The molecular weight excluding hydrogens is 504 g/mol. The van der Waals surface area contributed by atoms with Gasteiger partial charge < -0.3 is 9.30 Å². The molecule has 0 aliphatic rings. The van der Waals surface area contributed by atoms with E-state index >= 15 is 0 Å². The maximum atomic E-state index is 14.4. The van der Waals surface area contributed by atoms with Crippen LogP contribution in [0, 0.1) is 0 Å². The lowest BCUT2D eigenvalue weighted by molar-refractivity contribution is 0.0734. The fraction of sp³-hybridized carbons (Fsp3) is 0.0909. The minimum atomic E-state index is -0.899. The van der Waals surface area contributed by atoms with E-state index in [0.717, 1.165) is 10.5 Å². The van der Waals surface area contributed by atoms with Gasteiger partial charge in [0.05, 0.1) is 16.8 Å². The van der Waals surface area contributed by atoms with Crippen LogP contribution in [0.3, 0.4) is 0 Å². The van der Waals surface area contributed by atoms with E-state index in [2.05, 4.69) is 0 Å². The fourth-order valence-corrected chi connectivity index (χ4v) is 4.66. The number of rotatable bonds is 6. The highest BCUT2D eigenvalue weighted by Crippen LogP contribution is 2.33. The van der Waals surface area contributed by atoms with Gasteiger partial charge in [0.1, 0.15) is 5.56 Å². The van der Waals surface area contributed by atoms with Crippen LogP contribution < -0.4 is 15.2 Å². The zero-order valence-electron chi connectivity index (χ0n) is 22.0. The molecule has 0 spiro atoms. The van der Waals surface area contributed by atoms with Crippen molar-refractivity contribution in [2.75, 3.05) is 4.90 Å². The van der Waals surface area contributed by atoms with Crippen molar-refractivity contribution in [1.82, 2.24) is 4.57 Å². The van der Waals surface area contributed by atoms with Crippen LogP contribution in [0.4, 0.5) is 5.69 Å². The molecule has 4 aromatic carbocycles. The number of amides is 2. The van der Waals surface area contributed by atoms with Crippen LogP contribution in [0.5, 0.6) is 5.75 Å². The molecule has 0 unspecified atom stereocenters. The molecule has 0 saturated heterocycles. The van der Waals surface area contributed by atoms with Gasteiger partial charge in [-0.15, -0.1) is 0 Å². The Hall–Kier alpha value is -5.30. The third-order valence-corrected chi connectivity index (χ3v) is 6.70. The first-order valence-electron chi connectivity index (χ1n) is 12.8. The second kappa shape index (κ2) is 11.2. The molecule has 1 aromatic heterocycles. The Morgan fingerprint density at radius 3 is 1.90 bits per heavy atom. The Kier molecular flexibility index (Phi) is 7.37. The number of pyridine rings is 1.